The molecule has 6 nitrogen and oxygen atoms in total. The van der Waals surface area contributed by atoms with Crippen molar-refractivity contribution < 1.29 is 28.2 Å². The van der Waals surface area contributed by atoms with Crippen molar-refractivity contribution in [1.29, 1.82) is 0 Å². The van der Waals surface area contributed by atoms with E-state index in [1.807, 2.05) is 67.6 Å². The lowest BCUT2D eigenvalue weighted by atomic mass is 9.81. The van der Waals surface area contributed by atoms with Crippen molar-refractivity contribution >= 4 is 11.9 Å². The highest BCUT2D eigenvalue weighted by molar-refractivity contribution is 5.89. The van der Waals surface area contributed by atoms with Crippen molar-refractivity contribution in [2.75, 3.05) is 6.54 Å². The molecular formula is C36H36FNO5. The smallest absolute Gasteiger partial charge is 0.338 e. The van der Waals surface area contributed by atoms with Gasteiger partial charge in [0.2, 0.25) is 12.2 Å². The fourth-order valence-electron chi connectivity index (χ4n) is 5.50. The Labute approximate surface area is 251 Å². The van der Waals surface area contributed by atoms with Crippen molar-refractivity contribution in [3.8, 4) is 16.9 Å². The normalized spacial score (nSPS) is 21.5. The molecule has 4 aromatic rings. The molecule has 4 aromatic carbocycles. The number of esters is 1. The van der Waals surface area contributed by atoms with Crippen molar-refractivity contribution in [2.24, 2.45) is 11.8 Å². The van der Waals surface area contributed by atoms with Crippen LogP contribution in [0.1, 0.15) is 48.4 Å². The number of hydrogen-bond donors (Lipinski definition) is 1. The van der Waals surface area contributed by atoms with Gasteiger partial charge in [-0.1, -0.05) is 80.6 Å². The van der Waals surface area contributed by atoms with E-state index in [4.69, 9.17) is 14.2 Å². The number of amides is 1. The van der Waals surface area contributed by atoms with Crippen molar-refractivity contribution in [2.45, 2.75) is 45.7 Å². The van der Waals surface area contributed by atoms with E-state index in [0.29, 0.717) is 29.8 Å². The number of carbonyl (C=O) groups is 2. The summed E-state index contributed by atoms with van der Waals surface area (Å²) in [6.45, 7) is 6.05. The van der Waals surface area contributed by atoms with Gasteiger partial charge >= 0.3 is 5.97 Å². The molecule has 0 saturated carbocycles. The van der Waals surface area contributed by atoms with Crippen LogP contribution in [0.4, 0.5) is 4.39 Å². The number of benzene rings is 4. The van der Waals surface area contributed by atoms with E-state index in [-0.39, 0.29) is 29.7 Å². The number of ether oxygens (including phenoxy) is 3. The molecule has 0 aromatic heterocycles. The van der Waals surface area contributed by atoms with Gasteiger partial charge in [-0.3, -0.25) is 4.79 Å². The van der Waals surface area contributed by atoms with Gasteiger partial charge in [-0.25, -0.2) is 9.18 Å². The molecule has 5 rings (SSSR count). The lowest BCUT2D eigenvalue weighted by Crippen LogP contribution is -2.50. The Bertz CT molecular complexity index is 1540. The first-order valence-electron chi connectivity index (χ1n) is 14.6. The van der Waals surface area contributed by atoms with E-state index in [1.165, 1.54) is 19.1 Å². The predicted molar refractivity (Wildman–Crippen MR) is 163 cm³/mol. The summed E-state index contributed by atoms with van der Waals surface area (Å²) < 4.78 is 33.4. The molecule has 1 fully saturated rings. The second kappa shape index (κ2) is 13.7. The number of rotatable bonds is 9. The third kappa shape index (κ3) is 7.30. The Kier molecular flexibility index (Phi) is 9.52. The summed E-state index contributed by atoms with van der Waals surface area (Å²) in [7, 11) is 0. The maximum absolute atomic E-state index is 14.3. The molecule has 1 aliphatic heterocycles. The van der Waals surface area contributed by atoms with Crippen LogP contribution in [0.25, 0.3) is 11.1 Å². The van der Waals surface area contributed by atoms with Gasteiger partial charge in [-0.05, 0) is 71.0 Å². The summed E-state index contributed by atoms with van der Waals surface area (Å²) in [4.78, 5) is 24.6. The first kappa shape index (κ1) is 30.0. The third-order valence-electron chi connectivity index (χ3n) is 7.99. The Morgan fingerprint density at radius 3 is 2.28 bits per heavy atom. The molecule has 1 saturated heterocycles. The standard InChI is InChI=1S/C36H36FNO5/c1-23-24(2)34(42-35(40)28-13-8-5-9-14-28)36(43-33(23)27-11-6-4-7-12-27)41-31-18-17-26(19-20-38-25(3)39)32(22-31)29-15-10-16-30(37)21-29/h4-18,21-24,33-34,36H,19-20H2,1-3H3,(H,38,39)/t23-,24-,33-,34-,36-/m1/s1. The fraction of sp³-hybridized carbons (Fsp3) is 0.278. The molecule has 1 heterocycles. The van der Waals surface area contributed by atoms with Gasteiger partial charge in [0, 0.05) is 19.4 Å². The molecule has 0 aliphatic carbocycles. The molecule has 43 heavy (non-hydrogen) atoms. The third-order valence-corrected chi connectivity index (χ3v) is 7.99. The molecule has 0 unspecified atom stereocenters. The van der Waals surface area contributed by atoms with Gasteiger partial charge in [0.15, 0.2) is 6.10 Å². The van der Waals surface area contributed by atoms with Gasteiger partial charge < -0.3 is 19.5 Å². The maximum atomic E-state index is 14.3. The SMILES string of the molecule is CC(=O)NCCc1ccc(O[C@@H]2O[C@@H](c3ccccc3)[C@H](C)[C@@H](C)[C@H]2OC(=O)c2ccccc2)cc1-c1cccc(F)c1. The molecule has 1 N–H and O–H groups in total. The van der Waals surface area contributed by atoms with Crippen LogP contribution in [-0.4, -0.2) is 30.8 Å². The van der Waals surface area contributed by atoms with E-state index in [9.17, 15) is 14.0 Å². The van der Waals surface area contributed by atoms with Gasteiger partial charge in [0.05, 0.1) is 11.7 Å². The molecule has 222 valence electrons. The minimum Gasteiger partial charge on any atom is -0.461 e. The van der Waals surface area contributed by atoms with E-state index >= 15 is 0 Å². The Morgan fingerprint density at radius 2 is 1.58 bits per heavy atom. The highest BCUT2D eigenvalue weighted by atomic mass is 19.1. The molecule has 0 spiro atoms. The van der Waals surface area contributed by atoms with Crippen LogP contribution < -0.4 is 10.1 Å². The lowest BCUT2D eigenvalue weighted by Gasteiger charge is -2.44. The number of halogens is 1. The highest BCUT2D eigenvalue weighted by Crippen LogP contribution is 2.42. The summed E-state index contributed by atoms with van der Waals surface area (Å²) in [5.41, 5.74) is 3.84. The monoisotopic (exact) mass is 581 g/mol. The van der Waals surface area contributed by atoms with Crippen LogP contribution in [-0.2, 0) is 20.7 Å². The Morgan fingerprint density at radius 1 is 0.860 bits per heavy atom. The van der Waals surface area contributed by atoms with Crippen LogP contribution in [0.3, 0.4) is 0 Å². The lowest BCUT2D eigenvalue weighted by molar-refractivity contribution is -0.240. The summed E-state index contributed by atoms with van der Waals surface area (Å²) in [5.74, 6) is -0.510. The fourth-order valence-corrected chi connectivity index (χ4v) is 5.50. The molecule has 7 heteroatoms. The predicted octanol–water partition coefficient (Wildman–Crippen LogP) is 7.15. The molecular weight excluding hydrogens is 545 g/mol. The molecule has 0 bridgehead atoms. The van der Waals surface area contributed by atoms with Gasteiger partial charge in [-0.2, -0.15) is 0 Å². The number of hydrogen-bond acceptors (Lipinski definition) is 5. The molecule has 0 radical (unpaired) electrons. The first-order valence-corrected chi connectivity index (χ1v) is 14.6. The van der Waals surface area contributed by atoms with Crippen molar-refractivity contribution in [3.05, 3.63) is 126 Å². The molecule has 5 atom stereocenters. The van der Waals surface area contributed by atoms with Gasteiger partial charge in [0.25, 0.3) is 0 Å². The zero-order valence-electron chi connectivity index (χ0n) is 24.5. The molecule has 1 aliphatic rings. The number of nitrogens with one attached hydrogen (secondary N) is 1. The zero-order valence-corrected chi connectivity index (χ0v) is 24.5. The quantitative estimate of drug-likeness (QED) is 0.213. The van der Waals surface area contributed by atoms with Gasteiger partial charge in [-0.15, -0.1) is 0 Å². The Balaban J connectivity index is 1.48. The van der Waals surface area contributed by atoms with Crippen molar-refractivity contribution in [1.82, 2.24) is 5.32 Å². The summed E-state index contributed by atoms with van der Waals surface area (Å²) >= 11 is 0. The van der Waals surface area contributed by atoms with Crippen LogP contribution in [0.15, 0.2) is 103 Å². The van der Waals surface area contributed by atoms with Crippen molar-refractivity contribution in [3.63, 3.8) is 0 Å². The topological polar surface area (TPSA) is 73.9 Å². The number of carbonyl (C=O) groups excluding carboxylic acids is 2. The van der Waals surface area contributed by atoms with E-state index in [1.54, 1.807) is 30.3 Å². The summed E-state index contributed by atoms with van der Waals surface area (Å²) in [6, 6.07) is 30.7. The average molecular weight is 582 g/mol. The second-order valence-electron chi connectivity index (χ2n) is 11.0. The van der Waals surface area contributed by atoms with E-state index < -0.39 is 18.4 Å². The summed E-state index contributed by atoms with van der Waals surface area (Å²) in [5, 5.41) is 2.82. The minimum absolute atomic E-state index is 0.0230. The van der Waals surface area contributed by atoms with Crippen LogP contribution in [0, 0.1) is 17.7 Å². The van der Waals surface area contributed by atoms with E-state index in [0.717, 1.165) is 16.7 Å². The van der Waals surface area contributed by atoms with Crippen LogP contribution >= 0.6 is 0 Å². The zero-order chi connectivity index (χ0) is 30.3. The average Bonchev–Trinajstić information content (AvgIpc) is 3.02. The highest BCUT2D eigenvalue weighted by Gasteiger charge is 2.45. The van der Waals surface area contributed by atoms with Crippen LogP contribution in [0.2, 0.25) is 0 Å². The molecule has 1 amide bonds. The van der Waals surface area contributed by atoms with Gasteiger partial charge in [0.1, 0.15) is 11.6 Å². The Hall–Kier alpha value is -4.49. The summed E-state index contributed by atoms with van der Waals surface area (Å²) in [6.07, 6.45) is -1.34. The maximum Gasteiger partial charge on any atom is 0.338 e. The second-order valence-corrected chi connectivity index (χ2v) is 11.0. The largest absolute Gasteiger partial charge is 0.461 e. The first-order chi connectivity index (χ1) is 20.8. The minimum atomic E-state index is -0.908. The van der Waals surface area contributed by atoms with E-state index in [2.05, 4.69) is 12.2 Å². The van der Waals surface area contributed by atoms with Crippen LogP contribution in [0.5, 0.6) is 5.75 Å².